The van der Waals surface area contributed by atoms with E-state index in [1.165, 1.54) is 14.0 Å². The second-order valence-electron chi connectivity index (χ2n) is 5.94. The number of benzene rings is 1. The molecule has 0 bridgehead atoms. The Labute approximate surface area is 133 Å². The molecule has 0 spiro atoms. The minimum atomic E-state index is -4.33. The molecule has 1 aromatic rings. The number of amides is 1. The van der Waals surface area contributed by atoms with Gasteiger partial charge in [0.2, 0.25) is 5.91 Å². The number of para-hydroxylation sites is 1. The zero-order valence-electron chi connectivity index (χ0n) is 13.4. The lowest BCUT2D eigenvalue weighted by atomic mass is 10.1. The van der Waals surface area contributed by atoms with Gasteiger partial charge in [0.25, 0.3) is 0 Å². The summed E-state index contributed by atoms with van der Waals surface area (Å²) in [6.45, 7) is 2.87. The van der Waals surface area contributed by atoms with E-state index in [-0.39, 0.29) is 11.9 Å². The van der Waals surface area contributed by atoms with Crippen molar-refractivity contribution in [2.45, 2.75) is 38.7 Å². The first kappa shape index (κ1) is 17.6. The summed E-state index contributed by atoms with van der Waals surface area (Å²) in [5, 5.41) is 0. The number of carbonyl (C=O) groups excluding carboxylic acids is 1. The van der Waals surface area contributed by atoms with E-state index in [4.69, 9.17) is 4.74 Å². The molecule has 1 aliphatic heterocycles. The maximum absolute atomic E-state index is 12.7. The quantitative estimate of drug-likeness (QED) is 0.854. The van der Waals surface area contributed by atoms with Gasteiger partial charge in [0.15, 0.2) is 0 Å². The van der Waals surface area contributed by atoms with Gasteiger partial charge < -0.3 is 9.64 Å². The van der Waals surface area contributed by atoms with Gasteiger partial charge in [-0.15, -0.1) is 0 Å². The number of hydrogen-bond donors (Lipinski definition) is 0. The summed E-state index contributed by atoms with van der Waals surface area (Å²) in [7, 11) is 1.31. The van der Waals surface area contributed by atoms with Crippen molar-refractivity contribution in [2.75, 3.05) is 20.2 Å². The fourth-order valence-electron chi connectivity index (χ4n) is 2.56. The number of nitrogens with zero attached hydrogens (tertiary/aromatic N) is 2. The Bertz CT molecular complexity index is 563. The van der Waals surface area contributed by atoms with Crippen LogP contribution >= 0.6 is 0 Å². The Morgan fingerprint density at radius 3 is 2.74 bits per heavy atom. The average molecular weight is 330 g/mol. The summed E-state index contributed by atoms with van der Waals surface area (Å²) in [6, 6.07) is 6.31. The summed E-state index contributed by atoms with van der Waals surface area (Å²) in [6.07, 6.45) is -4.33. The second kappa shape index (κ2) is 6.78. The molecule has 7 heteroatoms. The largest absolute Gasteiger partial charge is 0.491 e. The number of likely N-dealkylation sites (N-methyl/N-ethyl adjacent to an activating group) is 1. The lowest BCUT2D eigenvalue weighted by Gasteiger charge is -2.33. The highest BCUT2D eigenvalue weighted by Crippen LogP contribution is 2.26. The highest BCUT2D eigenvalue weighted by molar-refractivity contribution is 5.82. The van der Waals surface area contributed by atoms with Crippen LogP contribution in [0.5, 0.6) is 5.75 Å². The lowest BCUT2D eigenvalue weighted by molar-refractivity contribution is -0.156. The van der Waals surface area contributed by atoms with Crippen LogP contribution < -0.4 is 4.74 Å². The lowest BCUT2D eigenvalue weighted by Crippen LogP contribution is -2.51. The van der Waals surface area contributed by atoms with E-state index >= 15 is 0 Å². The smallest absolute Gasteiger partial charge is 0.401 e. The third-order valence-corrected chi connectivity index (χ3v) is 4.06. The van der Waals surface area contributed by atoms with E-state index in [1.807, 2.05) is 31.2 Å². The first-order chi connectivity index (χ1) is 10.7. The molecule has 2 rings (SSSR count). The van der Waals surface area contributed by atoms with Gasteiger partial charge in [-0.25, -0.2) is 0 Å². The Morgan fingerprint density at radius 1 is 1.43 bits per heavy atom. The van der Waals surface area contributed by atoms with Crippen LogP contribution in [0.15, 0.2) is 24.3 Å². The van der Waals surface area contributed by atoms with Crippen molar-refractivity contribution in [1.82, 2.24) is 9.80 Å². The Hall–Kier alpha value is -1.76. The van der Waals surface area contributed by atoms with Crippen molar-refractivity contribution in [2.24, 2.45) is 0 Å². The monoisotopic (exact) mass is 330 g/mol. The van der Waals surface area contributed by atoms with Crippen LogP contribution in [-0.2, 0) is 11.3 Å². The van der Waals surface area contributed by atoms with Gasteiger partial charge >= 0.3 is 6.18 Å². The first-order valence-electron chi connectivity index (χ1n) is 7.47. The van der Waals surface area contributed by atoms with Crippen molar-refractivity contribution in [3.8, 4) is 5.75 Å². The number of alkyl halides is 3. The average Bonchev–Trinajstić information content (AvgIpc) is 2.64. The Balaban J connectivity index is 2.14. The number of halogens is 3. The van der Waals surface area contributed by atoms with Gasteiger partial charge in [0.05, 0.1) is 18.6 Å². The van der Waals surface area contributed by atoms with Gasteiger partial charge in [0, 0.05) is 12.1 Å². The SMILES string of the molecule is C[C@H](C(=O)N1Cc2ccccc2OC[C@@H]1C)N(C)CC(F)(F)F. The molecule has 1 aliphatic rings. The number of fused-ring (bicyclic) bond motifs is 1. The zero-order chi connectivity index (χ0) is 17.2. The van der Waals surface area contributed by atoms with Crippen molar-refractivity contribution in [3.05, 3.63) is 29.8 Å². The van der Waals surface area contributed by atoms with Crippen LogP contribution in [-0.4, -0.2) is 54.2 Å². The molecule has 0 aromatic heterocycles. The zero-order valence-corrected chi connectivity index (χ0v) is 13.4. The topological polar surface area (TPSA) is 32.8 Å². The number of ether oxygens (including phenoxy) is 1. The van der Waals surface area contributed by atoms with E-state index in [0.717, 1.165) is 10.5 Å². The van der Waals surface area contributed by atoms with E-state index in [9.17, 15) is 18.0 Å². The Kier molecular flexibility index (Phi) is 5.19. The molecule has 0 saturated heterocycles. The van der Waals surface area contributed by atoms with Crippen molar-refractivity contribution in [3.63, 3.8) is 0 Å². The minimum absolute atomic E-state index is 0.211. The van der Waals surface area contributed by atoms with Gasteiger partial charge in [-0.05, 0) is 27.0 Å². The summed E-state index contributed by atoms with van der Waals surface area (Å²) in [5.74, 6) is 0.385. The second-order valence-corrected chi connectivity index (χ2v) is 5.94. The van der Waals surface area contributed by atoms with Gasteiger partial charge in [0.1, 0.15) is 12.4 Å². The summed E-state index contributed by atoms with van der Waals surface area (Å²) in [5.41, 5.74) is 0.857. The third kappa shape index (κ3) is 4.37. The molecule has 0 fully saturated rings. The molecule has 0 N–H and O–H groups in total. The van der Waals surface area contributed by atoms with E-state index in [2.05, 4.69) is 0 Å². The maximum atomic E-state index is 12.7. The molecular weight excluding hydrogens is 309 g/mol. The van der Waals surface area contributed by atoms with Crippen molar-refractivity contribution >= 4 is 5.91 Å². The van der Waals surface area contributed by atoms with Crippen molar-refractivity contribution < 1.29 is 22.7 Å². The first-order valence-corrected chi connectivity index (χ1v) is 7.47. The highest BCUT2D eigenvalue weighted by Gasteiger charge is 2.35. The molecule has 0 unspecified atom stereocenters. The van der Waals surface area contributed by atoms with Crippen LogP contribution in [0.4, 0.5) is 13.2 Å². The van der Waals surface area contributed by atoms with Crippen LogP contribution in [0, 0.1) is 0 Å². The molecule has 0 radical (unpaired) electrons. The molecule has 1 amide bonds. The molecule has 2 atom stereocenters. The van der Waals surface area contributed by atoms with E-state index in [0.29, 0.717) is 18.9 Å². The van der Waals surface area contributed by atoms with Gasteiger partial charge in [-0.1, -0.05) is 18.2 Å². The van der Waals surface area contributed by atoms with Crippen LogP contribution in [0.25, 0.3) is 0 Å². The van der Waals surface area contributed by atoms with E-state index in [1.54, 1.807) is 4.90 Å². The van der Waals surface area contributed by atoms with Gasteiger partial charge in [-0.2, -0.15) is 13.2 Å². The summed E-state index contributed by atoms with van der Waals surface area (Å²) < 4.78 is 43.2. The summed E-state index contributed by atoms with van der Waals surface area (Å²) >= 11 is 0. The van der Waals surface area contributed by atoms with Crippen LogP contribution in [0.2, 0.25) is 0 Å². The number of hydrogen-bond acceptors (Lipinski definition) is 3. The molecule has 23 heavy (non-hydrogen) atoms. The van der Waals surface area contributed by atoms with Crippen molar-refractivity contribution in [1.29, 1.82) is 0 Å². The molecule has 1 aromatic carbocycles. The molecule has 0 saturated carbocycles. The predicted octanol–water partition coefficient (Wildman–Crippen LogP) is 2.68. The minimum Gasteiger partial charge on any atom is -0.491 e. The maximum Gasteiger partial charge on any atom is 0.401 e. The standard InChI is InChI=1S/C16H21F3N2O2/c1-11-9-23-14-7-5-4-6-13(14)8-21(11)15(22)12(2)20(3)10-16(17,18)19/h4-7,11-12H,8-10H2,1-3H3/t11-,12+/m0/s1. The Morgan fingerprint density at radius 2 is 2.09 bits per heavy atom. The molecule has 128 valence electrons. The fourth-order valence-corrected chi connectivity index (χ4v) is 2.56. The molecule has 1 heterocycles. The van der Waals surface area contributed by atoms with Crippen LogP contribution in [0.1, 0.15) is 19.4 Å². The highest BCUT2D eigenvalue weighted by atomic mass is 19.4. The fraction of sp³-hybridized carbons (Fsp3) is 0.562. The van der Waals surface area contributed by atoms with E-state index < -0.39 is 18.8 Å². The number of carbonyl (C=O) groups is 1. The number of rotatable bonds is 3. The van der Waals surface area contributed by atoms with Gasteiger partial charge in [-0.3, -0.25) is 9.69 Å². The molecule has 0 aliphatic carbocycles. The van der Waals surface area contributed by atoms with Crippen LogP contribution in [0.3, 0.4) is 0 Å². The normalized spacial score (nSPS) is 19.8. The molecular formula is C16H21F3N2O2. The third-order valence-electron chi connectivity index (χ3n) is 4.06. The summed E-state index contributed by atoms with van der Waals surface area (Å²) in [4.78, 5) is 15.3. The predicted molar refractivity (Wildman–Crippen MR) is 80.1 cm³/mol. The molecule has 4 nitrogen and oxygen atoms in total.